The van der Waals surface area contributed by atoms with Crippen molar-refractivity contribution in [1.29, 1.82) is 0 Å². The number of aromatic hydroxyl groups is 1. The van der Waals surface area contributed by atoms with Crippen molar-refractivity contribution in [2.45, 2.75) is 13.0 Å². The molecule has 12 heteroatoms. The normalized spacial score (nSPS) is 15.0. The summed E-state index contributed by atoms with van der Waals surface area (Å²) in [6, 6.07) is 10.4. The van der Waals surface area contributed by atoms with Crippen molar-refractivity contribution in [3.05, 3.63) is 55.1 Å². The van der Waals surface area contributed by atoms with Crippen molar-refractivity contribution >= 4 is 39.8 Å². The van der Waals surface area contributed by atoms with E-state index in [0.717, 1.165) is 16.7 Å². The Bertz CT molecular complexity index is 1570. The maximum atomic E-state index is 11.8. The summed E-state index contributed by atoms with van der Waals surface area (Å²) in [4.78, 5) is 34.4. The Morgan fingerprint density at radius 3 is 2.50 bits per heavy atom. The zero-order valence-corrected chi connectivity index (χ0v) is 19.4. The molecule has 2 N–H and O–H groups in total. The lowest BCUT2D eigenvalue weighted by atomic mass is 10.2. The Kier molecular flexibility index (Phi) is 5.13. The highest BCUT2D eigenvalue weighted by Crippen LogP contribution is 2.27. The van der Waals surface area contributed by atoms with Crippen molar-refractivity contribution in [2.24, 2.45) is 0 Å². The van der Waals surface area contributed by atoms with Gasteiger partial charge < -0.3 is 24.6 Å². The zero-order chi connectivity index (χ0) is 24.8. The Hall–Kier alpha value is -4.74. The van der Waals surface area contributed by atoms with E-state index in [1.54, 1.807) is 34.5 Å². The second-order valence-electron chi connectivity index (χ2n) is 8.65. The van der Waals surface area contributed by atoms with Crippen LogP contribution in [0.3, 0.4) is 0 Å². The number of nitrogens with zero attached hydrogens (tertiary/aromatic N) is 9. The molecule has 0 aliphatic carbocycles. The van der Waals surface area contributed by atoms with Gasteiger partial charge in [-0.15, -0.1) is 0 Å². The van der Waals surface area contributed by atoms with Gasteiger partial charge in [-0.05, 0) is 25.1 Å². The molecular weight excluding hydrogens is 462 g/mol. The fourth-order valence-electron chi connectivity index (χ4n) is 4.42. The number of hydrogen-bond donors (Lipinski definition) is 2. The van der Waals surface area contributed by atoms with Gasteiger partial charge in [0, 0.05) is 31.6 Å². The number of anilines is 2. The molecule has 1 saturated heterocycles. The largest absolute Gasteiger partial charge is 0.506 e. The standard InChI is InChI=1S/C24H23N9O3/c1-15(23(35)36)32-14-26-20-21(32)28-24(29-22(20)33-18-5-3-2-4-16(18)12-27-33)31-10-8-30(9-11-31)19-7-6-17(34)13-25-19/h2-7,12-15,34H,8-11H2,1H3,(H,35,36). The molecule has 12 nitrogen and oxygen atoms in total. The van der Waals surface area contributed by atoms with Crippen LogP contribution in [-0.2, 0) is 4.79 Å². The molecule has 0 amide bonds. The van der Waals surface area contributed by atoms with Gasteiger partial charge in [0.2, 0.25) is 5.95 Å². The van der Waals surface area contributed by atoms with E-state index in [4.69, 9.17) is 9.97 Å². The summed E-state index contributed by atoms with van der Waals surface area (Å²) in [5, 5.41) is 24.7. The van der Waals surface area contributed by atoms with Gasteiger partial charge in [-0.3, -0.25) is 0 Å². The monoisotopic (exact) mass is 485 g/mol. The maximum Gasteiger partial charge on any atom is 0.326 e. The molecule has 182 valence electrons. The second kappa shape index (κ2) is 8.48. The summed E-state index contributed by atoms with van der Waals surface area (Å²) in [6.45, 7) is 4.23. The molecule has 1 atom stereocenters. The molecule has 1 unspecified atom stereocenters. The first kappa shape index (κ1) is 21.8. The van der Waals surface area contributed by atoms with E-state index < -0.39 is 12.0 Å². The molecule has 1 fully saturated rings. The van der Waals surface area contributed by atoms with Crippen molar-refractivity contribution in [3.8, 4) is 11.6 Å². The fourth-order valence-corrected chi connectivity index (χ4v) is 4.42. The number of imidazole rings is 1. The lowest BCUT2D eigenvalue weighted by molar-refractivity contribution is -0.140. The highest BCUT2D eigenvalue weighted by molar-refractivity contribution is 5.86. The van der Waals surface area contributed by atoms with E-state index >= 15 is 0 Å². The number of fused-ring (bicyclic) bond motifs is 2. The molecule has 0 spiro atoms. The third-order valence-electron chi connectivity index (χ3n) is 6.46. The van der Waals surface area contributed by atoms with Crippen LogP contribution >= 0.6 is 0 Å². The lowest BCUT2D eigenvalue weighted by Crippen LogP contribution is -2.47. The number of aromatic nitrogens is 7. The van der Waals surface area contributed by atoms with Gasteiger partial charge in [0.1, 0.15) is 17.6 Å². The summed E-state index contributed by atoms with van der Waals surface area (Å²) in [5.41, 5.74) is 1.78. The van der Waals surface area contributed by atoms with E-state index in [1.165, 1.54) is 12.5 Å². The zero-order valence-electron chi connectivity index (χ0n) is 19.4. The van der Waals surface area contributed by atoms with Gasteiger partial charge >= 0.3 is 5.97 Å². The molecular formula is C24H23N9O3. The Balaban J connectivity index is 1.41. The summed E-state index contributed by atoms with van der Waals surface area (Å²) in [6.07, 6.45) is 4.69. The van der Waals surface area contributed by atoms with Gasteiger partial charge in [-0.1, -0.05) is 18.2 Å². The van der Waals surface area contributed by atoms with Crippen LogP contribution in [0.1, 0.15) is 13.0 Å². The van der Waals surface area contributed by atoms with Gasteiger partial charge in [-0.2, -0.15) is 15.1 Å². The summed E-state index contributed by atoms with van der Waals surface area (Å²) in [5.74, 6) is 0.923. The predicted molar refractivity (Wildman–Crippen MR) is 133 cm³/mol. The molecule has 1 aromatic carbocycles. The number of carboxylic acids is 1. The topological polar surface area (TPSA) is 138 Å². The summed E-state index contributed by atoms with van der Waals surface area (Å²) >= 11 is 0. The molecule has 6 rings (SSSR count). The Morgan fingerprint density at radius 2 is 1.75 bits per heavy atom. The number of hydrogen-bond acceptors (Lipinski definition) is 9. The predicted octanol–water partition coefficient (Wildman–Crippen LogP) is 2.24. The van der Waals surface area contributed by atoms with E-state index in [0.29, 0.717) is 49.1 Å². The molecule has 5 heterocycles. The first-order chi connectivity index (χ1) is 17.5. The van der Waals surface area contributed by atoms with E-state index in [9.17, 15) is 15.0 Å². The van der Waals surface area contributed by atoms with Crippen LogP contribution < -0.4 is 9.80 Å². The number of carboxylic acid groups (broad SMARTS) is 1. The summed E-state index contributed by atoms with van der Waals surface area (Å²) in [7, 11) is 0. The van der Waals surface area contributed by atoms with Crippen molar-refractivity contribution in [1.82, 2.24) is 34.3 Å². The Labute approximate surface area is 205 Å². The van der Waals surface area contributed by atoms with Crippen LogP contribution in [0, 0.1) is 0 Å². The number of rotatable bonds is 5. The fraction of sp³-hybridized carbons (Fsp3) is 0.250. The number of benzene rings is 1. The minimum absolute atomic E-state index is 0.130. The molecule has 0 saturated carbocycles. The lowest BCUT2D eigenvalue weighted by Gasteiger charge is -2.35. The van der Waals surface area contributed by atoms with Crippen LogP contribution in [-0.4, -0.2) is 76.6 Å². The number of pyridine rings is 1. The Morgan fingerprint density at radius 1 is 0.972 bits per heavy atom. The average Bonchev–Trinajstić information content (AvgIpc) is 3.53. The molecule has 1 aliphatic heterocycles. The number of piperazine rings is 1. The average molecular weight is 486 g/mol. The van der Waals surface area contributed by atoms with E-state index in [1.807, 2.05) is 24.3 Å². The molecule has 36 heavy (non-hydrogen) atoms. The third kappa shape index (κ3) is 3.63. The smallest absolute Gasteiger partial charge is 0.326 e. The highest BCUT2D eigenvalue weighted by atomic mass is 16.4. The van der Waals surface area contributed by atoms with Crippen LogP contribution in [0.5, 0.6) is 5.75 Å². The minimum atomic E-state index is -0.976. The molecule has 0 bridgehead atoms. The first-order valence-corrected chi connectivity index (χ1v) is 11.5. The molecule has 4 aromatic heterocycles. The van der Waals surface area contributed by atoms with Gasteiger partial charge in [0.05, 0.1) is 24.2 Å². The highest BCUT2D eigenvalue weighted by Gasteiger charge is 2.26. The van der Waals surface area contributed by atoms with Crippen LogP contribution in [0.15, 0.2) is 55.1 Å². The van der Waals surface area contributed by atoms with E-state index in [2.05, 4.69) is 24.9 Å². The van der Waals surface area contributed by atoms with Gasteiger partial charge in [0.25, 0.3) is 0 Å². The first-order valence-electron chi connectivity index (χ1n) is 11.5. The second-order valence-corrected chi connectivity index (χ2v) is 8.65. The maximum absolute atomic E-state index is 11.8. The van der Waals surface area contributed by atoms with E-state index in [-0.39, 0.29) is 5.75 Å². The van der Waals surface area contributed by atoms with Crippen molar-refractivity contribution < 1.29 is 15.0 Å². The summed E-state index contributed by atoms with van der Waals surface area (Å²) < 4.78 is 3.27. The van der Waals surface area contributed by atoms with Crippen molar-refractivity contribution in [2.75, 3.05) is 36.0 Å². The van der Waals surface area contributed by atoms with Crippen LogP contribution in [0.25, 0.3) is 27.9 Å². The quantitative estimate of drug-likeness (QED) is 0.381. The van der Waals surface area contributed by atoms with Crippen molar-refractivity contribution in [3.63, 3.8) is 0 Å². The van der Waals surface area contributed by atoms with Gasteiger partial charge in [0.15, 0.2) is 17.0 Å². The molecule has 5 aromatic rings. The number of carbonyl (C=O) groups is 1. The number of para-hydroxylation sites is 1. The SMILES string of the molecule is CC(C(=O)O)n1cnc2c(-n3ncc4ccccc43)nc(N3CCN(c4ccc(O)cn4)CC3)nc21. The molecule has 1 aliphatic rings. The van der Waals surface area contributed by atoms with Crippen LogP contribution in [0.4, 0.5) is 11.8 Å². The molecule has 0 radical (unpaired) electrons. The van der Waals surface area contributed by atoms with Crippen LogP contribution in [0.2, 0.25) is 0 Å². The van der Waals surface area contributed by atoms with Gasteiger partial charge in [-0.25, -0.2) is 19.4 Å². The minimum Gasteiger partial charge on any atom is -0.506 e. The number of aliphatic carboxylic acids is 1. The third-order valence-corrected chi connectivity index (χ3v) is 6.46.